The Morgan fingerprint density at radius 2 is 2.00 bits per heavy atom. The molecule has 2 aliphatic carbocycles. The average Bonchev–Trinajstić information content (AvgIpc) is 2.31. The molecule has 0 N–H and O–H groups in total. The van der Waals surface area contributed by atoms with Crippen LogP contribution in [0.5, 0.6) is 0 Å². The lowest BCUT2D eigenvalue weighted by atomic mass is 9.43. The second-order valence-corrected chi connectivity index (χ2v) is 7.90. The summed E-state index contributed by atoms with van der Waals surface area (Å²) < 4.78 is 5.53. The van der Waals surface area contributed by atoms with Crippen LogP contribution in [-0.4, -0.2) is 35.0 Å². The summed E-state index contributed by atoms with van der Waals surface area (Å²) in [5, 5.41) is 0. The zero-order valence-corrected chi connectivity index (χ0v) is 12.9. The van der Waals surface area contributed by atoms with Crippen molar-refractivity contribution >= 4 is 11.9 Å². The molecule has 1 heterocycles. The molecule has 1 aliphatic heterocycles. The summed E-state index contributed by atoms with van der Waals surface area (Å²) in [6, 6.07) is 0.106. The predicted molar refractivity (Wildman–Crippen MR) is 75.3 cm³/mol. The molecule has 4 nitrogen and oxygen atoms in total. The largest absolute Gasteiger partial charge is 0.444 e. The summed E-state index contributed by atoms with van der Waals surface area (Å²) in [5.74, 6) is 1.10. The molecule has 2 unspecified atom stereocenters. The Kier molecular flexibility index (Phi) is 2.93. The Labute approximate surface area is 120 Å². The maximum Gasteiger partial charge on any atom is 0.410 e. The van der Waals surface area contributed by atoms with Gasteiger partial charge in [-0.05, 0) is 52.4 Å². The highest BCUT2D eigenvalue weighted by Gasteiger charge is 2.69. The number of carbonyl (C=O) groups is 2. The van der Waals surface area contributed by atoms with Gasteiger partial charge in [0.1, 0.15) is 11.4 Å². The minimum Gasteiger partial charge on any atom is -0.444 e. The van der Waals surface area contributed by atoms with Gasteiger partial charge in [0.2, 0.25) is 0 Å². The van der Waals surface area contributed by atoms with Gasteiger partial charge in [-0.15, -0.1) is 0 Å². The number of fused-ring (bicyclic) bond motifs is 2. The van der Waals surface area contributed by atoms with E-state index < -0.39 is 5.60 Å². The van der Waals surface area contributed by atoms with Crippen molar-refractivity contribution in [1.29, 1.82) is 0 Å². The van der Waals surface area contributed by atoms with Gasteiger partial charge in [-0.2, -0.15) is 0 Å². The summed E-state index contributed by atoms with van der Waals surface area (Å²) in [4.78, 5) is 26.7. The second-order valence-electron chi connectivity index (χ2n) is 7.90. The van der Waals surface area contributed by atoms with Crippen LogP contribution in [0.3, 0.4) is 0 Å². The quantitative estimate of drug-likeness (QED) is 0.685. The van der Waals surface area contributed by atoms with Crippen LogP contribution >= 0.6 is 0 Å². The Morgan fingerprint density at radius 1 is 1.35 bits per heavy atom. The highest BCUT2D eigenvalue weighted by Crippen LogP contribution is 2.62. The fraction of sp³-hybridized carbons (Fsp3) is 0.875. The topological polar surface area (TPSA) is 46.6 Å². The van der Waals surface area contributed by atoms with Crippen molar-refractivity contribution in [1.82, 2.24) is 4.90 Å². The van der Waals surface area contributed by atoms with E-state index >= 15 is 0 Å². The third-order valence-electron chi connectivity index (χ3n) is 5.08. The van der Waals surface area contributed by atoms with Gasteiger partial charge in [-0.1, -0.05) is 6.92 Å². The molecule has 2 atom stereocenters. The minimum atomic E-state index is -0.474. The molecule has 1 amide bonds. The van der Waals surface area contributed by atoms with E-state index in [2.05, 4.69) is 6.92 Å². The van der Waals surface area contributed by atoms with Gasteiger partial charge in [0.15, 0.2) is 0 Å². The maximum atomic E-state index is 12.4. The number of likely N-dealkylation sites (tertiary alicyclic amines) is 1. The van der Waals surface area contributed by atoms with E-state index in [9.17, 15) is 9.59 Å². The van der Waals surface area contributed by atoms with E-state index in [1.165, 1.54) is 0 Å². The van der Waals surface area contributed by atoms with Gasteiger partial charge in [0.05, 0.1) is 11.5 Å². The molecule has 0 bridgehead atoms. The molecule has 0 radical (unpaired) electrons. The molecule has 1 spiro atoms. The highest BCUT2D eigenvalue weighted by atomic mass is 16.6. The number of nitrogens with zero attached hydrogens (tertiary/aromatic N) is 1. The molecule has 3 fully saturated rings. The van der Waals surface area contributed by atoms with E-state index in [1.54, 1.807) is 0 Å². The Bertz CT molecular complexity index is 445. The van der Waals surface area contributed by atoms with Crippen LogP contribution in [0.4, 0.5) is 4.79 Å². The van der Waals surface area contributed by atoms with Crippen LogP contribution in [0.15, 0.2) is 0 Å². The van der Waals surface area contributed by atoms with Crippen molar-refractivity contribution in [2.75, 3.05) is 6.54 Å². The van der Waals surface area contributed by atoms with Crippen LogP contribution in [0.25, 0.3) is 0 Å². The second kappa shape index (κ2) is 4.22. The monoisotopic (exact) mass is 279 g/mol. The van der Waals surface area contributed by atoms with Crippen LogP contribution in [-0.2, 0) is 9.53 Å². The summed E-state index contributed by atoms with van der Waals surface area (Å²) in [7, 11) is 0. The number of amides is 1. The molecular weight excluding hydrogens is 254 g/mol. The summed E-state index contributed by atoms with van der Waals surface area (Å²) in [5.41, 5.74) is -0.695. The van der Waals surface area contributed by atoms with Gasteiger partial charge < -0.3 is 9.64 Å². The van der Waals surface area contributed by atoms with E-state index in [-0.39, 0.29) is 23.5 Å². The smallest absolute Gasteiger partial charge is 0.410 e. The van der Waals surface area contributed by atoms with Crippen molar-refractivity contribution in [3.05, 3.63) is 0 Å². The molecule has 0 aromatic rings. The predicted octanol–water partition coefficient (Wildman–Crippen LogP) is 3.00. The summed E-state index contributed by atoms with van der Waals surface area (Å²) >= 11 is 0. The van der Waals surface area contributed by atoms with Gasteiger partial charge in [0.25, 0.3) is 0 Å². The lowest BCUT2D eigenvalue weighted by Crippen LogP contribution is -2.74. The zero-order chi connectivity index (χ0) is 14.7. The third-order valence-corrected chi connectivity index (χ3v) is 5.08. The third kappa shape index (κ3) is 1.87. The molecule has 0 aromatic heterocycles. The van der Waals surface area contributed by atoms with Crippen molar-refractivity contribution in [3.63, 3.8) is 0 Å². The summed E-state index contributed by atoms with van der Waals surface area (Å²) in [6.45, 7) is 8.59. The SMILES string of the molecule is CC1CC2(C1)C(=O)C1CCCN(C(=O)OC(C)(C)C)C12. The highest BCUT2D eigenvalue weighted by molar-refractivity contribution is 5.97. The molecule has 3 rings (SSSR count). The van der Waals surface area contributed by atoms with Gasteiger partial charge in [-0.3, -0.25) is 4.79 Å². The van der Waals surface area contributed by atoms with Crippen molar-refractivity contribution in [2.24, 2.45) is 17.3 Å². The molecular formula is C16H25NO3. The Morgan fingerprint density at radius 3 is 2.55 bits per heavy atom. The van der Waals surface area contributed by atoms with Crippen LogP contribution in [0.2, 0.25) is 0 Å². The molecule has 4 heteroatoms. The van der Waals surface area contributed by atoms with E-state index in [0.717, 1.165) is 32.2 Å². The van der Waals surface area contributed by atoms with Crippen molar-refractivity contribution in [3.8, 4) is 0 Å². The number of Topliss-reactive ketones (excluding diaryl/α,β-unsaturated/α-hetero) is 1. The van der Waals surface area contributed by atoms with E-state index in [1.807, 2.05) is 25.7 Å². The standard InChI is InChI=1S/C16H25NO3/c1-10-8-16(9-10)12-11(13(16)18)6-5-7-17(12)14(19)20-15(2,3)4/h10-12H,5-9H2,1-4H3. The summed E-state index contributed by atoms with van der Waals surface area (Å²) in [6.07, 6.45) is 3.52. The molecule has 2 saturated carbocycles. The van der Waals surface area contributed by atoms with Crippen molar-refractivity contribution < 1.29 is 14.3 Å². The Hall–Kier alpha value is -1.06. The fourth-order valence-corrected chi connectivity index (χ4v) is 4.52. The van der Waals surface area contributed by atoms with Crippen LogP contribution < -0.4 is 0 Å². The average molecular weight is 279 g/mol. The number of ketones is 1. The fourth-order valence-electron chi connectivity index (χ4n) is 4.52. The molecule has 3 aliphatic rings. The van der Waals surface area contributed by atoms with Crippen LogP contribution in [0, 0.1) is 17.3 Å². The van der Waals surface area contributed by atoms with Crippen molar-refractivity contribution in [2.45, 2.75) is 65.0 Å². The van der Waals surface area contributed by atoms with Gasteiger partial charge in [0, 0.05) is 12.5 Å². The number of hydrogen-bond donors (Lipinski definition) is 0. The minimum absolute atomic E-state index is 0.0729. The molecule has 112 valence electrons. The van der Waals surface area contributed by atoms with Gasteiger partial charge in [-0.25, -0.2) is 4.79 Å². The maximum absolute atomic E-state index is 12.4. The normalized spacial score (nSPS) is 39.9. The number of carbonyl (C=O) groups excluding carboxylic acids is 2. The number of hydrogen-bond acceptors (Lipinski definition) is 3. The molecule has 20 heavy (non-hydrogen) atoms. The number of rotatable bonds is 0. The number of ether oxygens (including phenoxy) is 1. The lowest BCUT2D eigenvalue weighted by molar-refractivity contribution is -0.184. The Balaban J connectivity index is 1.78. The molecule has 0 aromatic carbocycles. The lowest BCUT2D eigenvalue weighted by Gasteiger charge is -2.65. The first-order valence-electron chi connectivity index (χ1n) is 7.78. The first-order valence-corrected chi connectivity index (χ1v) is 7.78. The number of piperidine rings is 1. The van der Waals surface area contributed by atoms with Crippen LogP contribution in [0.1, 0.15) is 53.4 Å². The first-order chi connectivity index (χ1) is 9.24. The zero-order valence-electron chi connectivity index (χ0n) is 12.9. The first kappa shape index (κ1) is 13.9. The van der Waals surface area contributed by atoms with Gasteiger partial charge >= 0.3 is 6.09 Å². The van der Waals surface area contributed by atoms with E-state index in [4.69, 9.17) is 4.74 Å². The molecule has 1 saturated heterocycles. The van der Waals surface area contributed by atoms with E-state index in [0.29, 0.717) is 11.7 Å².